The third-order valence-electron chi connectivity index (χ3n) is 4.04. The summed E-state index contributed by atoms with van der Waals surface area (Å²) in [7, 11) is 2.11. The van der Waals surface area contributed by atoms with Crippen molar-refractivity contribution in [3.63, 3.8) is 0 Å². The summed E-state index contributed by atoms with van der Waals surface area (Å²) in [6.07, 6.45) is 5.64. The summed E-state index contributed by atoms with van der Waals surface area (Å²) in [5, 5.41) is 9.33. The number of carbonyl (C=O) groups excluding carboxylic acids is 1. The minimum absolute atomic E-state index is 0.177. The second-order valence-corrected chi connectivity index (χ2v) is 5.62. The fraction of sp³-hybridized carbons (Fsp3) is 0.467. The van der Waals surface area contributed by atoms with Crippen molar-refractivity contribution in [1.82, 2.24) is 30.4 Å². The van der Waals surface area contributed by atoms with Crippen LogP contribution in [-0.4, -0.2) is 44.6 Å². The van der Waals surface area contributed by atoms with E-state index in [9.17, 15) is 4.79 Å². The predicted molar refractivity (Wildman–Crippen MR) is 81.1 cm³/mol. The summed E-state index contributed by atoms with van der Waals surface area (Å²) in [6, 6.07) is 1.95. The van der Waals surface area contributed by atoms with Crippen LogP contribution in [0.3, 0.4) is 0 Å². The van der Waals surface area contributed by atoms with Gasteiger partial charge in [-0.25, -0.2) is 9.97 Å². The van der Waals surface area contributed by atoms with Gasteiger partial charge in [-0.05, 0) is 39.4 Å². The number of amides is 1. The molecule has 2 N–H and O–H groups in total. The van der Waals surface area contributed by atoms with Gasteiger partial charge in [-0.1, -0.05) is 0 Å². The van der Waals surface area contributed by atoms with Crippen molar-refractivity contribution in [2.45, 2.75) is 32.4 Å². The van der Waals surface area contributed by atoms with E-state index in [0.717, 1.165) is 30.0 Å². The highest BCUT2D eigenvalue weighted by Gasteiger charge is 2.26. The van der Waals surface area contributed by atoms with Crippen molar-refractivity contribution in [2.24, 2.45) is 0 Å². The van der Waals surface area contributed by atoms with Gasteiger partial charge in [0.2, 0.25) is 0 Å². The molecule has 1 fully saturated rings. The highest BCUT2D eigenvalue weighted by Crippen LogP contribution is 2.30. The second-order valence-electron chi connectivity index (χ2n) is 5.62. The highest BCUT2D eigenvalue weighted by molar-refractivity contribution is 5.92. The molecule has 0 unspecified atom stereocenters. The summed E-state index contributed by atoms with van der Waals surface area (Å²) in [5.74, 6) is 0.586. The molecule has 3 rings (SSSR count). The molecule has 0 saturated carbocycles. The topological polar surface area (TPSA) is 86.8 Å². The van der Waals surface area contributed by atoms with Crippen LogP contribution in [0.15, 0.2) is 18.5 Å². The van der Waals surface area contributed by atoms with Gasteiger partial charge in [-0.2, -0.15) is 5.10 Å². The molecule has 0 spiro atoms. The quantitative estimate of drug-likeness (QED) is 0.886. The molecule has 2 aromatic heterocycles. The average Bonchev–Trinajstić information content (AvgIpc) is 3.17. The number of likely N-dealkylation sites (tertiary alicyclic amines) is 1. The van der Waals surface area contributed by atoms with E-state index in [-0.39, 0.29) is 5.91 Å². The van der Waals surface area contributed by atoms with Crippen LogP contribution in [0.4, 0.5) is 0 Å². The third-order valence-corrected chi connectivity index (χ3v) is 4.04. The predicted octanol–water partition coefficient (Wildman–Crippen LogP) is 1.20. The Kier molecular flexibility index (Phi) is 4.15. The maximum atomic E-state index is 12.0. The van der Waals surface area contributed by atoms with E-state index < -0.39 is 0 Å². The largest absolute Gasteiger partial charge is 0.347 e. The lowest BCUT2D eigenvalue weighted by atomic mass is 10.1. The van der Waals surface area contributed by atoms with Gasteiger partial charge < -0.3 is 5.32 Å². The number of aromatic nitrogens is 4. The minimum atomic E-state index is -0.177. The Morgan fingerprint density at radius 2 is 2.41 bits per heavy atom. The second kappa shape index (κ2) is 6.23. The number of rotatable bonds is 4. The zero-order chi connectivity index (χ0) is 15.5. The number of nitrogens with zero attached hydrogens (tertiary/aromatic N) is 4. The fourth-order valence-electron chi connectivity index (χ4n) is 2.85. The van der Waals surface area contributed by atoms with E-state index in [1.807, 2.05) is 13.1 Å². The molecule has 3 heterocycles. The SMILES string of the molecule is Cc1ncc(CNC(=O)c2ccn[nH]2)c([C@H]2CCCN2C)n1. The zero-order valence-electron chi connectivity index (χ0n) is 12.8. The first-order chi connectivity index (χ1) is 10.6. The smallest absolute Gasteiger partial charge is 0.269 e. The van der Waals surface area contributed by atoms with Gasteiger partial charge in [0.25, 0.3) is 5.91 Å². The molecule has 1 aliphatic heterocycles. The number of hydrogen-bond acceptors (Lipinski definition) is 5. The summed E-state index contributed by atoms with van der Waals surface area (Å²) in [6.45, 7) is 3.39. The molecule has 0 aromatic carbocycles. The molecular formula is C15H20N6O. The van der Waals surface area contributed by atoms with Crippen LogP contribution in [0.5, 0.6) is 0 Å². The monoisotopic (exact) mass is 300 g/mol. The molecule has 0 bridgehead atoms. The molecule has 1 aliphatic rings. The lowest BCUT2D eigenvalue weighted by molar-refractivity contribution is 0.0945. The lowest BCUT2D eigenvalue weighted by Gasteiger charge is -2.21. The van der Waals surface area contributed by atoms with Crippen molar-refractivity contribution in [1.29, 1.82) is 0 Å². The van der Waals surface area contributed by atoms with Crippen LogP contribution < -0.4 is 5.32 Å². The van der Waals surface area contributed by atoms with Crippen molar-refractivity contribution < 1.29 is 4.79 Å². The van der Waals surface area contributed by atoms with E-state index in [4.69, 9.17) is 0 Å². The minimum Gasteiger partial charge on any atom is -0.347 e. The van der Waals surface area contributed by atoms with Gasteiger partial charge in [-0.3, -0.25) is 14.8 Å². The van der Waals surface area contributed by atoms with Gasteiger partial charge in [0.15, 0.2) is 0 Å². The number of H-pyrrole nitrogens is 1. The van der Waals surface area contributed by atoms with Crippen molar-refractivity contribution in [3.05, 3.63) is 41.2 Å². The van der Waals surface area contributed by atoms with Gasteiger partial charge in [0.1, 0.15) is 11.5 Å². The number of aryl methyl sites for hydroxylation is 1. The molecule has 7 nitrogen and oxygen atoms in total. The van der Waals surface area contributed by atoms with Crippen LogP contribution in [0.1, 0.15) is 46.5 Å². The number of hydrogen-bond donors (Lipinski definition) is 2. The molecule has 0 radical (unpaired) electrons. The van der Waals surface area contributed by atoms with Crippen LogP contribution in [0.25, 0.3) is 0 Å². The first kappa shape index (κ1) is 14.6. The van der Waals surface area contributed by atoms with Crippen LogP contribution in [-0.2, 0) is 6.54 Å². The molecule has 1 atom stereocenters. The molecular weight excluding hydrogens is 280 g/mol. The Balaban J connectivity index is 1.77. The van der Waals surface area contributed by atoms with Crippen molar-refractivity contribution in [2.75, 3.05) is 13.6 Å². The fourth-order valence-corrected chi connectivity index (χ4v) is 2.85. The summed E-state index contributed by atoms with van der Waals surface area (Å²) >= 11 is 0. The average molecular weight is 300 g/mol. The van der Waals surface area contributed by atoms with Crippen molar-refractivity contribution >= 4 is 5.91 Å². The number of nitrogens with one attached hydrogen (secondary N) is 2. The molecule has 22 heavy (non-hydrogen) atoms. The van der Waals surface area contributed by atoms with E-state index in [0.29, 0.717) is 18.3 Å². The summed E-state index contributed by atoms with van der Waals surface area (Å²) < 4.78 is 0. The van der Waals surface area contributed by atoms with Gasteiger partial charge in [0, 0.05) is 24.5 Å². The Bertz CT molecular complexity index is 654. The van der Waals surface area contributed by atoms with Gasteiger partial charge in [-0.15, -0.1) is 0 Å². The maximum Gasteiger partial charge on any atom is 0.269 e. The molecule has 0 aliphatic carbocycles. The molecule has 1 saturated heterocycles. The molecule has 2 aromatic rings. The molecule has 1 amide bonds. The van der Waals surface area contributed by atoms with E-state index in [1.54, 1.807) is 12.3 Å². The molecule has 7 heteroatoms. The third kappa shape index (κ3) is 2.99. The maximum absolute atomic E-state index is 12.0. The summed E-state index contributed by atoms with van der Waals surface area (Å²) in [5.41, 5.74) is 2.45. The van der Waals surface area contributed by atoms with Crippen LogP contribution in [0.2, 0.25) is 0 Å². The van der Waals surface area contributed by atoms with Crippen LogP contribution in [0, 0.1) is 6.92 Å². The van der Waals surface area contributed by atoms with E-state index >= 15 is 0 Å². The van der Waals surface area contributed by atoms with E-state index in [2.05, 4.69) is 37.4 Å². The van der Waals surface area contributed by atoms with Crippen molar-refractivity contribution in [3.8, 4) is 0 Å². The zero-order valence-corrected chi connectivity index (χ0v) is 12.8. The van der Waals surface area contributed by atoms with E-state index in [1.165, 1.54) is 6.42 Å². The molecule has 116 valence electrons. The normalized spacial score (nSPS) is 18.5. The van der Waals surface area contributed by atoms with Gasteiger partial charge >= 0.3 is 0 Å². The lowest BCUT2D eigenvalue weighted by Crippen LogP contribution is -2.26. The van der Waals surface area contributed by atoms with Crippen LogP contribution >= 0.6 is 0 Å². The standard InChI is InChI=1S/C15H20N6O/c1-10-16-8-11(9-17-15(22)12-5-6-18-20-12)14(19-10)13-4-3-7-21(13)2/h5-6,8,13H,3-4,7,9H2,1-2H3,(H,17,22)(H,18,20)/t13-/m1/s1. The summed E-state index contributed by atoms with van der Waals surface area (Å²) in [4.78, 5) is 23.2. The number of carbonyl (C=O) groups is 1. The Hall–Kier alpha value is -2.28. The van der Waals surface area contributed by atoms with Gasteiger partial charge in [0.05, 0.1) is 11.7 Å². The Morgan fingerprint density at radius 3 is 3.09 bits per heavy atom. The Morgan fingerprint density at radius 1 is 1.55 bits per heavy atom. The first-order valence-corrected chi connectivity index (χ1v) is 7.45. The first-order valence-electron chi connectivity index (χ1n) is 7.45. The highest BCUT2D eigenvalue weighted by atomic mass is 16.1. The number of aromatic amines is 1. The Labute approximate surface area is 129 Å².